The van der Waals surface area contributed by atoms with E-state index in [1.807, 2.05) is 0 Å². The summed E-state index contributed by atoms with van der Waals surface area (Å²) >= 11 is 6.03. The Morgan fingerprint density at radius 3 is 2.60 bits per heavy atom. The molecule has 2 rings (SSSR count). The summed E-state index contributed by atoms with van der Waals surface area (Å²) in [4.78, 5) is 0. The maximum absolute atomic E-state index is 14.0. The van der Waals surface area contributed by atoms with Gasteiger partial charge < -0.3 is 5.32 Å². The van der Waals surface area contributed by atoms with Crippen LogP contribution in [0.15, 0.2) is 36.4 Å². The van der Waals surface area contributed by atoms with E-state index in [-0.39, 0.29) is 0 Å². The highest BCUT2D eigenvalue weighted by Crippen LogP contribution is 2.31. The normalized spacial score (nSPS) is 10.8. The monoisotopic (exact) mass is 295 g/mol. The van der Waals surface area contributed by atoms with Crippen molar-refractivity contribution in [3.63, 3.8) is 0 Å². The molecule has 2 aromatic carbocycles. The lowest BCUT2D eigenvalue weighted by Crippen LogP contribution is -2.13. The van der Waals surface area contributed by atoms with Crippen LogP contribution in [0.25, 0.3) is 11.1 Å². The van der Waals surface area contributed by atoms with Crippen LogP contribution in [0, 0.1) is 11.6 Å². The average molecular weight is 296 g/mol. The van der Waals surface area contributed by atoms with Gasteiger partial charge in [0.2, 0.25) is 0 Å². The summed E-state index contributed by atoms with van der Waals surface area (Å²) in [5.41, 5.74) is 1.64. The van der Waals surface area contributed by atoms with Gasteiger partial charge in [0, 0.05) is 22.7 Å². The van der Waals surface area contributed by atoms with Gasteiger partial charge in [0.1, 0.15) is 11.6 Å². The number of nitrogens with one attached hydrogen (secondary N) is 1. The third-order valence-corrected chi connectivity index (χ3v) is 3.33. The van der Waals surface area contributed by atoms with Gasteiger partial charge in [-0.05, 0) is 48.9 Å². The number of rotatable bonds is 5. The van der Waals surface area contributed by atoms with Crippen LogP contribution in [0.5, 0.6) is 0 Å². The summed E-state index contributed by atoms with van der Waals surface area (Å²) in [7, 11) is 0. The van der Waals surface area contributed by atoms with Gasteiger partial charge >= 0.3 is 0 Å². The fourth-order valence-corrected chi connectivity index (χ4v) is 2.22. The zero-order valence-electron chi connectivity index (χ0n) is 11.2. The molecule has 0 aromatic heterocycles. The summed E-state index contributed by atoms with van der Waals surface area (Å²) in [6.45, 7) is 3.62. The largest absolute Gasteiger partial charge is 0.313 e. The predicted molar refractivity (Wildman–Crippen MR) is 78.8 cm³/mol. The molecule has 0 radical (unpaired) electrons. The second-order valence-corrected chi connectivity index (χ2v) is 5.02. The van der Waals surface area contributed by atoms with E-state index in [2.05, 4.69) is 12.2 Å². The first-order chi connectivity index (χ1) is 9.61. The Morgan fingerprint density at radius 1 is 1.05 bits per heavy atom. The van der Waals surface area contributed by atoms with Crippen LogP contribution in [0.2, 0.25) is 5.02 Å². The summed E-state index contributed by atoms with van der Waals surface area (Å²) < 4.78 is 27.3. The topological polar surface area (TPSA) is 12.0 Å². The zero-order valence-corrected chi connectivity index (χ0v) is 12.0. The van der Waals surface area contributed by atoms with Crippen molar-refractivity contribution in [1.82, 2.24) is 5.32 Å². The molecule has 2 aromatic rings. The molecule has 20 heavy (non-hydrogen) atoms. The van der Waals surface area contributed by atoms with Crippen LogP contribution in [0.4, 0.5) is 8.78 Å². The lowest BCUT2D eigenvalue weighted by atomic mass is 10.0. The minimum atomic E-state index is -0.432. The Bertz CT molecular complexity index is 599. The van der Waals surface area contributed by atoms with E-state index < -0.39 is 11.6 Å². The predicted octanol–water partition coefficient (Wildman–Crippen LogP) is 4.78. The standard InChI is InChI=1S/C16H16ClF2N/c1-2-7-20-10-11-3-6-16(19)14(8-11)13-9-12(18)4-5-15(13)17/h3-6,8-9,20H,2,7,10H2,1H3. The molecule has 0 spiro atoms. The van der Waals surface area contributed by atoms with Gasteiger partial charge in [-0.25, -0.2) is 8.78 Å². The van der Waals surface area contributed by atoms with Gasteiger partial charge in [-0.15, -0.1) is 0 Å². The summed E-state index contributed by atoms with van der Waals surface area (Å²) in [6.07, 6.45) is 1.03. The van der Waals surface area contributed by atoms with Crippen LogP contribution in [-0.4, -0.2) is 6.54 Å². The molecular weight excluding hydrogens is 280 g/mol. The molecule has 0 aliphatic rings. The van der Waals surface area contributed by atoms with E-state index in [0.29, 0.717) is 22.7 Å². The summed E-state index contributed by atoms with van der Waals surface area (Å²) in [6, 6.07) is 8.76. The molecule has 0 atom stereocenters. The van der Waals surface area contributed by atoms with Crippen LogP contribution in [-0.2, 0) is 6.54 Å². The van der Waals surface area contributed by atoms with Crippen molar-refractivity contribution >= 4 is 11.6 Å². The molecule has 0 unspecified atom stereocenters. The molecule has 0 amide bonds. The van der Waals surface area contributed by atoms with Crippen molar-refractivity contribution in [1.29, 1.82) is 0 Å². The van der Waals surface area contributed by atoms with Crippen molar-refractivity contribution in [2.75, 3.05) is 6.54 Å². The third kappa shape index (κ3) is 3.56. The van der Waals surface area contributed by atoms with Gasteiger partial charge in [0.15, 0.2) is 0 Å². The lowest BCUT2D eigenvalue weighted by Gasteiger charge is -2.09. The Balaban J connectivity index is 2.35. The lowest BCUT2D eigenvalue weighted by molar-refractivity contribution is 0.623. The highest BCUT2D eigenvalue weighted by atomic mass is 35.5. The molecule has 4 heteroatoms. The van der Waals surface area contributed by atoms with Crippen LogP contribution >= 0.6 is 11.6 Å². The minimum Gasteiger partial charge on any atom is -0.313 e. The highest BCUT2D eigenvalue weighted by Gasteiger charge is 2.11. The van der Waals surface area contributed by atoms with Crippen LogP contribution in [0.1, 0.15) is 18.9 Å². The Labute approximate surface area is 122 Å². The maximum Gasteiger partial charge on any atom is 0.131 e. The molecule has 0 saturated heterocycles. The second-order valence-electron chi connectivity index (χ2n) is 4.62. The number of hydrogen-bond acceptors (Lipinski definition) is 1. The summed E-state index contributed by atoms with van der Waals surface area (Å²) in [5.74, 6) is -0.838. The van der Waals surface area contributed by atoms with E-state index in [0.717, 1.165) is 18.5 Å². The first-order valence-corrected chi connectivity index (χ1v) is 6.94. The molecular formula is C16H16ClF2N. The quantitative estimate of drug-likeness (QED) is 0.782. The summed E-state index contributed by atoms with van der Waals surface area (Å²) in [5, 5.41) is 3.58. The molecule has 1 nitrogen and oxygen atoms in total. The van der Waals surface area contributed by atoms with Crippen molar-refractivity contribution in [2.24, 2.45) is 0 Å². The number of halogens is 3. The fourth-order valence-electron chi connectivity index (χ4n) is 2.00. The van der Waals surface area contributed by atoms with Crippen LogP contribution < -0.4 is 5.32 Å². The van der Waals surface area contributed by atoms with E-state index in [1.165, 1.54) is 24.3 Å². The number of benzene rings is 2. The van der Waals surface area contributed by atoms with E-state index in [9.17, 15) is 8.78 Å². The Hall–Kier alpha value is -1.45. The zero-order chi connectivity index (χ0) is 14.5. The molecule has 0 saturated carbocycles. The Morgan fingerprint density at radius 2 is 1.85 bits per heavy atom. The maximum atomic E-state index is 14.0. The molecule has 0 bridgehead atoms. The first-order valence-electron chi connectivity index (χ1n) is 6.56. The van der Waals surface area contributed by atoms with Crippen molar-refractivity contribution in [3.05, 3.63) is 58.6 Å². The first kappa shape index (κ1) is 14.9. The highest BCUT2D eigenvalue weighted by molar-refractivity contribution is 6.33. The average Bonchev–Trinajstić information content (AvgIpc) is 2.44. The molecule has 0 fully saturated rings. The molecule has 0 heterocycles. The van der Waals surface area contributed by atoms with Crippen LogP contribution in [0.3, 0.4) is 0 Å². The minimum absolute atomic E-state index is 0.324. The molecule has 106 valence electrons. The van der Waals surface area contributed by atoms with Crippen molar-refractivity contribution in [3.8, 4) is 11.1 Å². The van der Waals surface area contributed by atoms with Gasteiger partial charge in [-0.2, -0.15) is 0 Å². The van der Waals surface area contributed by atoms with E-state index in [4.69, 9.17) is 11.6 Å². The number of hydrogen-bond donors (Lipinski definition) is 1. The van der Waals surface area contributed by atoms with Gasteiger partial charge in [0.05, 0.1) is 0 Å². The van der Waals surface area contributed by atoms with Crippen molar-refractivity contribution in [2.45, 2.75) is 19.9 Å². The van der Waals surface area contributed by atoms with Gasteiger partial charge in [-0.3, -0.25) is 0 Å². The van der Waals surface area contributed by atoms with Crippen molar-refractivity contribution < 1.29 is 8.78 Å². The second kappa shape index (κ2) is 6.82. The Kier molecular flexibility index (Phi) is 5.10. The van der Waals surface area contributed by atoms with Gasteiger partial charge in [-0.1, -0.05) is 24.6 Å². The van der Waals surface area contributed by atoms with E-state index in [1.54, 1.807) is 12.1 Å². The fraction of sp³-hybridized carbons (Fsp3) is 0.250. The third-order valence-electron chi connectivity index (χ3n) is 3.01. The SMILES string of the molecule is CCCNCc1ccc(F)c(-c2cc(F)ccc2Cl)c1. The molecule has 0 aliphatic carbocycles. The van der Waals surface area contributed by atoms with Gasteiger partial charge in [0.25, 0.3) is 0 Å². The molecule has 1 N–H and O–H groups in total. The smallest absolute Gasteiger partial charge is 0.131 e. The van der Waals surface area contributed by atoms with E-state index >= 15 is 0 Å². The molecule has 0 aliphatic heterocycles.